The number of benzene rings is 8. The van der Waals surface area contributed by atoms with Gasteiger partial charge in [-0.2, -0.15) is 0 Å². The first-order valence-electron chi connectivity index (χ1n) is 24.0. The summed E-state index contributed by atoms with van der Waals surface area (Å²) in [7, 11) is 0. The van der Waals surface area contributed by atoms with Crippen LogP contribution in [0.3, 0.4) is 0 Å². The smallest absolute Gasteiger partial charge is 0.164 e. The fourth-order valence-corrected chi connectivity index (χ4v) is 10.3. The maximum absolute atomic E-state index is 5.48. The number of hydrogen-bond acceptors (Lipinski definition) is 6. The standard InChI is InChI=1S/C61H52N8/c1-31-11-12-32-23-43-47(27-36(32)19-31)55-62-51(43)64-56-49-29-38-21-41(60(5,6)7)17-14-34(38)25-45(49)53(66-56)68-58-50-30-39-22-42(61(8,9)10)18-15-35(39)26-46(50)54(69-58)67-57-48-28-37-20-40(59(2,3)4)16-13-33(37)24-44(48)52(63-55)65-57/h11-30H,1-10H3,(H2,62,63,64,65,66,67,68,69). The van der Waals surface area contributed by atoms with Crippen LogP contribution in [0.15, 0.2) is 121 Å². The maximum atomic E-state index is 5.48. The number of H-pyrrole nitrogens is 2. The molecule has 8 bridgehead atoms. The Hall–Kier alpha value is -7.84. The number of aromatic nitrogens is 8. The molecule has 0 fully saturated rings. The van der Waals surface area contributed by atoms with Crippen LogP contribution in [0.5, 0.6) is 0 Å². The Balaban J connectivity index is 1.19. The molecule has 0 saturated carbocycles. The molecule has 2 aliphatic rings. The summed E-state index contributed by atoms with van der Waals surface area (Å²) in [5.74, 6) is 2.33. The molecule has 336 valence electrons. The minimum atomic E-state index is -0.0196. The van der Waals surface area contributed by atoms with Crippen LogP contribution in [0, 0.1) is 6.92 Å². The van der Waals surface area contributed by atoms with E-state index in [4.69, 9.17) is 29.9 Å². The summed E-state index contributed by atoms with van der Waals surface area (Å²) in [6, 6.07) is 44.7. The quantitative estimate of drug-likeness (QED) is 0.157. The van der Waals surface area contributed by atoms with Crippen molar-refractivity contribution in [2.75, 3.05) is 0 Å². The fraction of sp³-hybridized carbons (Fsp3) is 0.213. The predicted octanol–water partition coefficient (Wildman–Crippen LogP) is 15.7. The van der Waals surface area contributed by atoms with Gasteiger partial charge in [-0.05, 0) is 131 Å². The number of aromatic amines is 2. The second-order valence-corrected chi connectivity index (χ2v) is 22.5. The van der Waals surface area contributed by atoms with E-state index >= 15 is 0 Å². The SMILES string of the molecule is Cc1ccc2cc3c(cc2c1)-c1nc-3nc2[nH]c(nc3nc(nc4[nH]c(n1)c1cc5ccc(C(C)(C)C)cc5cc41)-c1cc4ccc(C(C)(C)C)cc4cc1-3)c1cc3ccc(C(C)(C)C)cc3cc21. The molecule has 11 aromatic rings. The van der Waals surface area contributed by atoms with Gasteiger partial charge in [-0.25, -0.2) is 29.9 Å². The van der Waals surface area contributed by atoms with E-state index in [-0.39, 0.29) is 16.2 Å². The molecule has 0 unspecified atom stereocenters. The number of fused-ring (bicyclic) bond motifs is 24. The number of rotatable bonds is 0. The number of hydrogen-bond donors (Lipinski definition) is 2. The van der Waals surface area contributed by atoms with Crippen LogP contribution in [0.25, 0.3) is 133 Å². The number of aryl methyl sites for hydroxylation is 1. The lowest BCUT2D eigenvalue weighted by Crippen LogP contribution is -2.10. The van der Waals surface area contributed by atoms with Gasteiger partial charge in [-0.15, -0.1) is 0 Å². The second-order valence-electron chi connectivity index (χ2n) is 22.5. The predicted molar refractivity (Wildman–Crippen MR) is 287 cm³/mol. The molecule has 8 heteroatoms. The van der Waals surface area contributed by atoms with Gasteiger partial charge in [0.25, 0.3) is 0 Å². The Kier molecular flexibility index (Phi) is 8.46. The highest BCUT2D eigenvalue weighted by Gasteiger charge is 2.25. The van der Waals surface area contributed by atoms with Crippen molar-refractivity contribution in [3.63, 3.8) is 0 Å². The molecule has 0 saturated heterocycles. The summed E-state index contributed by atoms with van der Waals surface area (Å²) < 4.78 is 0. The van der Waals surface area contributed by atoms with E-state index in [0.717, 1.165) is 86.9 Å². The van der Waals surface area contributed by atoms with E-state index in [1.54, 1.807) is 0 Å². The first kappa shape index (κ1) is 41.4. The van der Waals surface area contributed by atoms with E-state index in [1.165, 1.54) is 22.3 Å². The molecule has 2 N–H and O–H groups in total. The van der Waals surface area contributed by atoms with Gasteiger partial charge in [0, 0.05) is 43.8 Å². The van der Waals surface area contributed by atoms with Crippen LogP contribution in [0.4, 0.5) is 0 Å². The lowest BCUT2D eigenvalue weighted by molar-refractivity contribution is 0.591. The van der Waals surface area contributed by atoms with Crippen molar-refractivity contribution in [3.05, 3.63) is 144 Å². The van der Waals surface area contributed by atoms with Gasteiger partial charge in [-0.1, -0.05) is 141 Å². The second kappa shape index (κ2) is 14.1. The molecule has 8 aromatic carbocycles. The lowest BCUT2D eigenvalue weighted by atomic mass is 9.85. The number of nitrogens with one attached hydrogen (secondary N) is 2. The molecular weight excluding hydrogens is 845 g/mol. The van der Waals surface area contributed by atoms with E-state index in [2.05, 4.69) is 201 Å². The highest BCUT2D eigenvalue weighted by molar-refractivity contribution is 6.13. The fourth-order valence-electron chi connectivity index (χ4n) is 10.3. The Bertz CT molecular complexity index is 4230. The average molecular weight is 897 g/mol. The van der Waals surface area contributed by atoms with Crippen LogP contribution in [0.2, 0.25) is 0 Å². The molecule has 69 heavy (non-hydrogen) atoms. The van der Waals surface area contributed by atoms with Crippen LogP contribution in [0.1, 0.15) is 84.6 Å². The van der Waals surface area contributed by atoms with Crippen molar-refractivity contribution < 1.29 is 0 Å². The summed E-state index contributed by atoms with van der Waals surface area (Å²) >= 11 is 0. The highest BCUT2D eigenvalue weighted by Crippen LogP contribution is 2.42. The van der Waals surface area contributed by atoms with Crippen molar-refractivity contribution in [1.82, 2.24) is 39.9 Å². The third-order valence-electron chi connectivity index (χ3n) is 14.4. The summed E-state index contributed by atoms with van der Waals surface area (Å²) in [5.41, 5.74) is 11.3. The average Bonchev–Trinajstić information content (AvgIpc) is 4.01. The third-order valence-corrected chi connectivity index (χ3v) is 14.4. The molecule has 0 radical (unpaired) electrons. The summed E-state index contributed by atoms with van der Waals surface area (Å²) in [5, 5.41) is 12.8. The zero-order valence-corrected chi connectivity index (χ0v) is 40.7. The Labute approximate surface area is 400 Å². The van der Waals surface area contributed by atoms with E-state index in [0.29, 0.717) is 45.9 Å². The molecule has 3 aromatic heterocycles. The largest absolute Gasteiger partial charge is 0.324 e. The van der Waals surface area contributed by atoms with Gasteiger partial charge in [0.15, 0.2) is 23.3 Å². The van der Waals surface area contributed by atoms with Gasteiger partial charge in [0.2, 0.25) is 0 Å². The Morgan fingerprint density at radius 3 is 0.913 bits per heavy atom. The first-order valence-corrected chi connectivity index (χ1v) is 24.0. The summed E-state index contributed by atoms with van der Waals surface area (Å²) in [6.45, 7) is 22.4. The molecule has 0 amide bonds. The maximum Gasteiger partial charge on any atom is 0.164 e. The number of nitrogens with zero attached hydrogens (tertiary/aromatic N) is 6. The highest BCUT2D eigenvalue weighted by atomic mass is 15.1. The Morgan fingerprint density at radius 2 is 0.565 bits per heavy atom. The molecule has 8 nitrogen and oxygen atoms in total. The normalized spacial score (nSPS) is 13.1. The van der Waals surface area contributed by atoms with Gasteiger partial charge >= 0.3 is 0 Å². The van der Waals surface area contributed by atoms with Gasteiger partial charge in [-0.3, -0.25) is 0 Å². The van der Waals surface area contributed by atoms with E-state index in [1.807, 2.05) is 0 Å². The zero-order valence-electron chi connectivity index (χ0n) is 40.7. The Morgan fingerprint density at radius 1 is 0.290 bits per heavy atom. The summed E-state index contributed by atoms with van der Waals surface area (Å²) in [4.78, 5) is 40.0. The van der Waals surface area contributed by atoms with Gasteiger partial charge in [0.1, 0.15) is 22.6 Å². The lowest BCUT2D eigenvalue weighted by Gasteiger charge is -2.19. The summed E-state index contributed by atoms with van der Waals surface area (Å²) in [6.07, 6.45) is 0. The molecule has 5 heterocycles. The molecular formula is C61H52N8. The van der Waals surface area contributed by atoms with Crippen LogP contribution >= 0.6 is 0 Å². The van der Waals surface area contributed by atoms with Crippen LogP contribution < -0.4 is 0 Å². The van der Waals surface area contributed by atoms with Crippen molar-refractivity contribution in [1.29, 1.82) is 0 Å². The topological polar surface area (TPSA) is 109 Å². The molecule has 2 aliphatic heterocycles. The van der Waals surface area contributed by atoms with E-state index in [9.17, 15) is 0 Å². The van der Waals surface area contributed by atoms with Gasteiger partial charge < -0.3 is 9.97 Å². The van der Waals surface area contributed by atoms with Crippen LogP contribution in [-0.4, -0.2) is 39.9 Å². The zero-order chi connectivity index (χ0) is 47.5. The minimum Gasteiger partial charge on any atom is -0.324 e. The monoisotopic (exact) mass is 896 g/mol. The van der Waals surface area contributed by atoms with Crippen molar-refractivity contribution >= 4 is 87.2 Å². The van der Waals surface area contributed by atoms with Crippen molar-refractivity contribution in [3.8, 4) is 45.6 Å². The third kappa shape index (κ3) is 6.71. The van der Waals surface area contributed by atoms with Crippen molar-refractivity contribution in [2.45, 2.75) is 85.5 Å². The molecule has 0 spiro atoms. The first-order chi connectivity index (χ1) is 32.9. The van der Waals surface area contributed by atoms with E-state index < -0.39 is 0 Å². The van der Waals surface area contributed by atoms with Gasteiger partial charge in [0.05, 0.1) is 0 Å². The molecule has 0 atom stereocenters. The molecule has 13 rings (SSSR count). The minimum absolute atomic E-state index is 0.0167. The van der Waals surface area contributed by atoms with Crippen molar-refractivity contribution in [2.24, 2.45) is 0 Å². The van der Waals surface area contributed by atoms with Crippen LogP contribution in [-0.2, 0) is 16.2 Å². The molecule has 0 aliphatic carbocycles.